The van der Waals surface area contributed by atoms with Crippen molar-refractivity contribution in [1.29, 1.82) is 0 Å². The van der Waals surface area contributed by atoms with Crippen LogP contribution in [-0.2, 0) is 4.79 Å². The normalized spacial score (nSPS) is 24.2. The third-order valence-electron chi connectivity index (χ3n) is 3.11. The highest BCUT2D eigenvalue weighted by Crippen LogP contribution is 2.14. The van der Waals surface area contributed by atoms with Crippen molar-refractivity contribution in [3.63, 3.8) is 0 Å². The lowest BCUT2D eigenvalue weighted by atomic mass is 10.1. The third-order valence-corrected chi connectivity index (χ3v) is 3.58. The molecule has 6 heteroatoms. The van der Waals surface area contributed by atoms with Gasteiger partial charge in [-0.25, -0.2) is 4.98 Å². The minimum absolute atomic E-state index is 0.0499. The number of carbonyl (C=O) groups excluding carboxylic acids is 1. The molecule has 18 heavy (non-hydrogen) atoms. The number of likely N-dealkylation sites (tertiary alicyclic amines) is 1. The van der Waals surface area contributed by atoms with Gasteiger partial charge in [-0.1, -0.05) is 6.92 Å². The third kappa shape index (κ3) is 3.51. The summed E-state index contributed by atoms with van der Waals surface area (Å²) < 4.78 is 0.889. The second-order valence-electron chi connectivity index (χ2n) is 4.75. The van der Waals surface area contributed by atoms with Gasteiger partial charge in [0.2, 0.25) is 5.91 Å². The number of hydrogen-bond acceptors (Lipinski definition) is 4. The standard InChI is InChI=1S/C12H17BrN4O/c1-8-5-17(6-10(8)14)7-12(18)16-11-3-2-9(13)4-15-11/h2-4,8,10H,5-7,14H2,1H3,(H,15,16,18). The number of rotatable bonds is 3. The van der Waals surface area contributed by atoms with E-state index in [-0.39, 0.29) is 11.9 Å². The van der Waals surface area contributed by atoms with Crippen molar-refractivity contribution in [2.24, 2.45) is 11.7 Å². The van der Waals surface area contributed by atoms with E-state index in [1.165, 1.54) is 0 Å². The van der Waals surface area contributed by atoms with Gasteiger partial charge >= 0.3 is 0 Å². The Bertz CT molecular complexity index is 413. The lowest BCUT2D eigenvalue weighted by Gasteiger charge is -2.14. The Morgan fingerprint density at radius 2 is 2.39 bits per heavy atom. The number of hydrogen-bond donors (Lipinski definition) is 2. The Morgan fingerprint density at radius 1 is 1.61 bits per heavy atom. The molecule has 2 unspecified atom stereocenters. The monoisotopic (exact) mass is 312 g/mol. The topological polar surface area (TPSA) is 71.2 Å². The van der Waals surface area contributed by atoms with Crippen LogP contribution < -0.4 is 11.1 Å². The number of nitrogens with one attached hydrogen (secondary N) is 1. The van der Waals surface area contributed by atoms with Crippen LogP contribution >= 0.6 is 15.9 Å². The maximum absolute atomic E-state index is 11.8. The zero-order valence-electron chi connectivity index (χ0n) is 10.3. The van der Waals surface area contributed by atoms with Crippen LogP contribution in [0.15, 0.2) is 22.8 Å². The van der Waals surface area contributed by atoms with E-state index in [2.05, 4.69) is 38.1 Å². The molecule has 98 valence electrons. The molecule has 5 nitrogen and oxygen atoms in total. The van der Waals surface area contributed by atoms with E-state index in [1.54, 1.807) is 12.3 Å². The first-order valence-corrected chi connectivity index (χ1v) is 6.73. The number of amides is 1. The van der Waals surface area contributed by atoms with Crippen molar-refractivity contribution >= 4 is 27.7 Å². The fourth-order valence-electron chi connectivity index (χ4n) is 2.06. The Morgan fingerprint density at radius 3 is 2.94 bits per heavy atom. The van der Waals surface area contributed by atoms with E-state index in [9.17, 15) is 4.79 Å². The van der Waals surface area contributed by atoms with Gasteiger partial charge in [0.15, 0.2) is 0 Å². The molecule has 0 aromatic carbocycles. The Kier molecular flexibility index (Phi) is 4.31. The molecule has 1 aliphatic heterocycles. The molecular weight excluding hydrogens is 296 g/mol. The second kappa shape index (κ2) is 5.77. The van der Waals surface area contributed by atoms with E-state index >= 15 is 0 Å². The van der Waals surface area contributed by atoms with Gasteiger partial charge in [-0.3, -0.25) is 9.69 Å². The van der Waals surface area contributed by atoms with Crippen LogP contribution in [0.5, 0.6) is 0 Å². The molecule has 2 rings (SSSR count). The van der Waals surface area contributed by atoms with E-state index < -0.39 is 0 Å². The summed E-state index contributed by atoms with van der Waals surface area (Å²) in [5.74, 6) is 0.967. The summed E-state index contributed by atoms with van der Waals surface area (Å²) in [4.78, 5) is 18.0. The predicted molar refractivity (Wildman–Crippen MR) is 74.1 cm³/mol. The van der Waals surface area contributed by atoms with Crippen LogP contribution in [0.2, 0.25) is 0 Å². The molecule has 0 saturated carbocycles. The maximum atomic E-state index is 11.8. The van der Waals surface area contributed by atoms with Gasteiger partial charge in [0.1, 0.15) is 5.82 Å². The molecule has 1 saturated heterocycles. The molecule has 1 aromatic rings. The van der Waals surface area contributed by atoms with Gasteiger partial charge in [0, 0.05) is 29.8 Å². The lowest BCUT2D eigenvalue weighted by molar-refractivity contribution is -0.117. The van der Waals surface area contributed by atoms with Gasteiger partial charge in [-0.15, -0.1) is 0 Å². The van der Waals surface area contributed by atoms with Crippen LogP contribution in [0.25, 0.3) is 0 Å². The predicted octanol–water partition coefficient (Wildman–Crippen LogP) is 1.06. The number of nitrogens with zero attached hydrogens (tertiary/aromatic N) is 2. The van der Waals surface area contributed by atoms with Gasteiger partial charge in [0.05, 0.1) is 6.54 Å². The van der Waals surface area contributed by atoms with Gasteiger partial charge < -0.3 is 11.1 Å². The number of halogens is 1. The smallest absolute Gasteiger partial charge is 0.239 e. The Labute approximate surface area is 115 Å². The molecule has 0 bridgehead atoms. The van der Waals surface area contributed by atoms with E-state index in [0.29, 0.717) is 18.3 Å². The van der Waals surface area contributed by atoms with Crippen LogP contribution in [0.3, 0.4) is 0 Å². The molecule has 2 atom stereocenters. The Hall–Kier alpha value is -0.980. The van der Waals surface area contributed by atoms with Crippen molar-refractivity contribution in [1.82, 2.24) is 9.88 Å². The highest BCUT2D eigenvalue weighted by molar-refractivity contribution is 9.10. The maximum Gasteiger partial charge on any atom is 0.239 e. The number of anilines is 1. The second-order valence-corrected chi connectivity index (χ2v) is 5.66. The number of nitrogens with two attached hydrogens (primary N) is 1. The highest BCUT2D eigenvalue weighted by atomic mass is 79.9. The van der Waals surface area contributed by atoms with Crippen LogP contribution in [-0.4, -0.2) is 41.5 Å². The summed E-state index contributed by atoms with van der Waals surface area (Å²) in [7, 11) is 0. The van der Waals surface area contributed by atoms with Gasteiger partial charge in [-0.05, 0) is 34.0 Å². The summed E-state index contributed by atoms with van der Waals surface area (Å²) in [6.07, 6.45) is 1.66. The molecule has 3 N–H and O–H groups in total. The van der Waals surface area contributed by atoms with Crippen molar-refractivity contribution in [2.45, 2.75) is 13.0 Å². The zero-order valence-corrected chi connectivity index (χ0v) is 11.9. The number of carbonyl (C=O) groups is 1. The average Bonchev–Trinajstić information content (AvgIpc) is 2.61. The Balaban J connectivity index is 1.84. The fraction of sp³-hybridized carbons (Fsp3) is 0.500. The number of pyridine rings is 1. The van der Waals surface area contributed by atoms with E-state index in [1.807, 2.05) is 6.07 Å². The molecule has 0 radical (unpaired) electrons. The van der Waals surface area contributed by atoms with Crippen molar-refractivity contribution < 1.29 is 4.79 Å². The van der Waals surface area contributed by atoms with Crippen LogP contribution in [0.1, 0.15) is 6.92 Å². The molecule has 1 fully saturated rings. The average molecular weight is 313 g/mol. The van der Waals surface area contributed by atoms with Crippen LogP contribution in [0.4, 0.5) is 5.82 Å². The van der Waals surface area contributed by atoms with Crippen molar-refractivity contribution in [2.75, 3.05) is 25.0 Å². The summed E-state index contributed by atoms with van der Waals surface area (Å²) in [6.45, 7) is 4.14. The summed E-state index contributed by atoms with van der Waals surface area (Å²) in [5.41, 5.74) is 5.92. The fourth-order valence-corrected chi connectivity index (χ4v) is 2.29. The first-order chi connectivity index (χ1) is 8.54. The zero-order chi connectivity index (χ0) is 13.1. The SMILES string of the molecule is CC1CN(CC(=O)Nc2ccc(Br)cn2)CC1N. The van der Waals surface area contributed by atoms with Crippen molar-refractivity contribution in [3.8, 4) is 0 Å². The molecular formula is C12H17BrN4O. The van der Waals surface area contributed by atoms with E-state index in [0.717, 1.165) is 17.6 Å². The minimum atomic E-state index is -0.0499. The van der Waals surface area contributed by atoms with Gasteiger partial charge in [0.25, 0.3) is 0 Å². The summed E-state index contributed by atoms with van der Waals surface area (Å²) in [5, 5.41) is 2.77. The quantitative estimate of drug-likeness (QED) is 0.875. The molecule has 1 amide bonds. The largest absolute Gasteiger partial charge is 0.326 e. The molecule has 0 spiro atoms. The first-order valence-electron chi connectivity index (χ1n) is 5.94. The molecule has 0 aliphatic carbocycles. The van der Waals surface area contributed by atoms with Crippen LogP contribution in [0, 0.1) is 5.92 Å². The molecule has 1 aromatic heterocycles. The summed E-state index contributed by atoms with van der Waals surface area (Å²) in [6, 6.07) is 3.78. The van der Waals surface area contributed by atoms with E-state index in [4.69, 9.17) is 5.73 Å². The minimum Gasteiger partial charge on any atom is -0.326 e. The molecule has 2 heterocycles. The highest BCUT2D eigenvalue weighted by Gasteiger charge is 2.27. The number of aromatic nitrogens is 1. The van der Waals surface area contributed by atoms with Crippen molar-refractivity contribution in [3.05, 3.63) is 22.8 Å². The lowest BCUT2D eigenvalue weighted by Crippen LogP contribution is -2.33. The first kappa shape index (κ1) is 13.5. The van der Waals surface area contributed by atoms with Gasteiger partial charge in [-0.2, -0.15) is 0 Å². The molecule has 1 aliphatic rings. The summed E-state index contributed by atoms with van der Waals surface area (Å²) >= 11 is 3.30.